The number of hydrogen-bond acceptors (Lipinski definition) is 2. The maximum atomic E-state index is 12.6. The molecule has 4 nitrogen and oxygen atoms in total. The molecule has 0 aliphatic rings. The van der Waals surface area contributed by atoms with Gasteiger partial charge in [-0.3, -0.25) is 9.59 Å². The van der Waals surface area contributed by atoms with Gasteiger partial charge in [0.15, 0.2) is 0 Å². The predicted octanol–water partition coefficient (Wildman–Crippen LogP) is 2.14. The number of rotatable bonds is 5. The first-order valence-corrected chi connectivity index (χ1v) is 6.30. The molecular formula is C14H17F3N2O2. The van der Waals surface area contributed by atoms with Crippen molar-refractivity contribution in [3.05, 3.63) is 35.4 Å². The summed E-state index contributed by atoms with van der Waals surface area (Å²) >= 11 is 0. The van der Waals surface area contributed by atoms with Gasteiger partial charge in [0.25, 0.3) is 0 Å². The molecule has 1 aromatic carbocycles. The van der Waals surface area contributed by atoms with E-state index in [9.17, 15) is 22.8 Å². The van der Waals surface area contributed by atoms with Gasteiger partial charge in [0.05, 0.1) is 12.1 Å². The number of carbonyl (C=O) groups excluding carboxylic acids is 2. The highest BCUT2D eigenvalue weighted by atomic mass is 19.4. The van der Waals surface area contributed by atoms with Crippen LogP contribution in [0.5, 0.6) is 0 Å². The Bertz CT molecular complexity index is 529. The summed E-state index contributed by atoms with van der Waals surface area (Å²) in [5.41, 5.74) is 4.66. The quantitative estimate of drug-likeness (QED) is 0.905. The van der Waals surface area contributed by atoms with E-state index in [0.29, 0.717) is 5.56 Å². The third kappa shape index (κ3) is 5.09. The Morgan fingerprint density at radius 3 is 2.48 bits per heavy atom. The Morgan fingerprint density at radius 2 is 1.95 bits per heavy atom. The molecule has 0 spiro atoms. The van der Waals surface area contributed by atoms with Crippen LogP contribution in [0.4, 0.5) is 13.2 Å². The molecule has 1 aromatic rings. The maximum Gasteiger partial charge on any atom is 0.416 e. The summed E-state index contributed by atoms with van der Waals surface area (Å²) < 4.78 is 37.9. The molecule has 0 aliphatic carbocycles. The summed E-state index contributed by atoms with van der Waals surface area (Å²) in [6, 6.07) is 4.87. The number of likely N-dealkylation sites (N-methyl/N-ethyl adjacent to an activating group) is 1. The van der Waals surface area contributed by atoms with Crippen molar-refractivity contribution in [3.63, 3.8) is 0 Å². The summed E-state index contributed by atoms with van der Waals surface area (Å²) in [6.07, 6.45) is -4.41. The molecule has 0 saturated carbocycles. The van der Waals surface area contributed by atoms with Gasteiger partial charge in [-0.1, -0.05) is 25.1 Å². The topological polar surface area (TPSA) is 63.4 Å². The SMILES string of the molecule is C[C@@H](CC(=O)N(C)CC(N)=O)c1cccc(C(F)(F)F)c1. The van der Waals surface area contributed by atoms with Crippen molar-refractivity contribution in [2.45, 2.75) is 25.4 Å². The van der Waals surface area contributed by atoms with Crippen molar-refractivity contribution >= 4 is 11.8 Å². The van der Waals surface area contributed by atoms with E-state index in [1.807, 2.05) is 0 Å². The number of hydrogen-bond donors (Lipinski definition) is 1. The fourth-order valence-electron chi connectivity index (χ4n) is 1.88. The van der Waals surface area contributed by atoms with Crippen molar-refractivity contribution in [1.82, 2.24) is 4.90 Å². The molecule has 2 amide bonds. The number of benzene rings is 1. The zero-order valence-corrected chi connectivity index (χ0v) is 11.8. The van der Waals surface area contributed by atoms with Gasteiger partial charge in [0, 0.05) is 13.5 Å². The van der Waals surface area contributed by atoms with Gasteiger partial charge in [-0.2, -0.15) is 13.2 Å². The minimum absolute atomic E-state index is 0.00505. The van der Waals surface area contributed by atoms with E-state index in [0.717, 1.165) is 17.0 Å². The average molecular weight is 302 g/mol. The highest BCUT2D eigenvalue weighted by molar-refractivity contribution is 5.83. The lowest BCUT2D eigenvalue weighted by Gasteiger charge is -2.19. The zero-order valence-electron chi connectivity index (χ0n) is 11.8. The van der Waals surface area contributed by atoms with Crippen LogP contribution < -0.4 is 5.73 Å². The summed E-state index contributed by atoms with van der Waals surface area (Å²) in [4.78, 5) is 23.7. The van der Waals surface area contributed by atoms with Crippen LogP contribution in [-0.2, 0) is 15.8 Å². The first kappa shape index (κ1) is 17.0. The Labute approximate surface area is 120 Å². The molecule has 0 unspecified atom stereocenters. The molecule has 0 aromatic heterocycles. The van der Waals surface area contributed by atoms with Crippen molar-refractivity contribution in [1.29, 1.82) is 0 Å². The molecule has 0 aliphatic heterocycles. The first-order chi connectivity index (χ1) is 9.61. The lowest BCUT2D eigenvalue weighted by molar-refractivity contribution is -0.137. The number of alkyl halides is 3. The average Bonchev–Trinajstić information content (AvgIpc) is 2.37. The zero-order chi connectivity index (χ0) is 16.2. The Balaban J connectivity index is 2.78. The molecule has 21 heavy (non-hydrogen) atoms. The van der Waals surface area contributed by atoms with Crippen LogP contribution in [0.2, 0.25) is 0 Å². The molecule has 0 radical (unpaired) electrons. The Morgan fingerprint density at radius 1 is 1.33 bits per heavy atom. The van der Waals surface area contributed by atoms with Crippen molar-refractivity contribution < 1.29 is 22.8 Å². The second-order valence-corrected chi connectivity index (χ2v) is 4.94. The van der Waals surface area contributed by atoms with E-state index in [4.69, 9.17) is 5.73 Å². The van der Waals surface area contributed by atoms with Crippen molar-refractivity contribution in [2.75, 3.05) is 13.6 Å². The van der Waals surface area contributed by atoms with E-state index < -0.39 is 23.6 Å². The molecule has 1 atom stereocenters. The predicted molar refractivity (Wildman–Crippen MR) is 71.3 cm³/mol. The third-order valence-corrected chi connectivity index (χ3v) is 3.08. The number of carbonyl (C=O) groups is 2. The highest BCUT2D eigenvalue weighted by Gasteiger charge is 2.30. The minimum atomic E-state index is -4.41. The van der Waals surface area contributed by atoms with Gasteiger partial charge in [0.1, 0.15) is 0 Å². The second kappa shape index (κ2) is 6.60. The fourth-order valence-corrected chi connectivity index (χ4v) is 1.88. The molecule has 116 valence electrons. The molecule has 0 heterocycles. The standard InChI is InChI=1S/C14H17F3N2O2/c1-9(6-13(21)19(2)8-12(18)20)10-4-3-5-11(7-10)14(15,16)17/h3-5,7,9H,6,8H2,1-2H3,(H2,18,20)/t9-/m0/s1. The summed E-state index contributed by atoms with van der Waals surface area (Å²) in [6.45, 7) is 1.44. The minimum Gasteiger partial charge on any atom is -0.368 e. The molecule has 0 bridgehead atoms. The number of nitrogens with two attached hydrogens (primary N) is 1. The van der Waals surface area contributed by atoms with Crippen molar-refractivity contribution in [2.24, 2.45) is 5.73 Å². The second-order valence-electron chi connectivity index (χ2n) is 4.94. The largest absolute Gasteiger partial charge is 0.416 e. The number of halogens is 3. The van der Waals surface area contributed by atoms with Crippen LogP contribution in [0.25, 0.3) is 0 Å². The van der Waals surface area contributed by atoms with Gasteiger partial charge in [-0.25, -0.2) is 0 Å². The molecule has 0 fully saturated rings. The van der Waals surface area contributed by atoms with E-state index in [1.165, 1.54) is 13.1 Å². The van der Waals surface area contributed by atoms with Gasteiger partial charge in [-0.15, -0.1) is 0 Å². The summed E-state index contributed by atoms with van der Waals surface area (Å²) in [5.74, 6) is -1.38. The molecule has 0 saturated heterocycles. The van der Waals surface area contributed by atoms with Gasteiger partial charge >= 0.3 is 6.18 Å². The maximum absolute atomic E-state index is 12.6. The van der Waals surface area contributed by atoms with Gasteiger partial charge in [-0.05, 0) is 17.5 Å². The number of primary amides is 1. The highest BCUT2D eigenvalue weighted by Crippen LogP contribution is 2.31. The molecule has 2 N–H and O–H groups in total. The normalized spacial score (nSPS) is 12.8. The van der Waals surface area contributed by atoms with E-state index >= 15 is 0 Å². The molecule has 1 rings (SSSR count). The van der Waals surface area contributed by atoms with E-state index in [1.54, 1.807) is 13.0 Å². The number of nitrogens with zero attached hydrogens (tertiary/aromatic N) is 1. The van der Waals surface area contributed by atoms with Crippen LogP contribution in [0.3, 0.4) is 0 Å². The molecule has 7 heteroatoms. The fraction of sp³-hybridized carbons (Fsp3) is 0.429. The summed E-state index contributed by atoms with van der Waals surface area (Å²) in [5, 5.41) is 0. The summed E-state index contributed by atoms with van der Waals surface area (Å²) in [7, 11) is 1.42. The van der Waals surface area contributed by atoms with Gasteiger partial charge < -0.3 is 10.6 Å². The van der Waals surface area contributed by atoms with Crippen LogP contribution in [0.15, 0.2) is 24.3 Å². The van der Waals surface area contributed by atoms with E-state index in [2.05, 4.69) is 0 Å². The lowest BCUT2D eigenvalue weighted by atomic mass is 9.95. The van der Waals surface area contributed by atoms with Crippen molar-refractivity contribution in [3.8, 4) is 0 Å². The number of amides is 2. The lowest BCUT2D eigenvalue weighted by Crippen LogP contribution is -2.35. The van der Waals surface area contributed by atoms with Crippen LogP contribution >= 0.6 is 0 Å². The van der Waals surface area contributed by atoms with Crippen LogP contribution in [0.1, 0.15) is 30.4 Å². The van der Waals surface area contributed by atoms with Crippen LogP contribution in [0, 0.1) is 0 Å². The first-order valence-electron chi connectivity index (χ1n) is 6.30. The third-order valence-electron chi connectivity index (χ3n) is 3.08. The van der Waals surface area contributed by atoms with Gasteiger partial charge in [0.2, 0.25) is 11.8 Å². The van der Waals surface area contributed by atoms with E-state index in [-0.39, 0.29) is 18.9 Å². The molecular weight excluding hydrogens is 285 g/mol. The smallest absolute Gasteiger partial charge is 0.368 e. The van der Waals surface area contributed by atoms with Crippen LogP contribution in [-0.4, -0.2) is 30.3 Å². The Kier molecular flexibility index (Phi) is 5.34. The monoisotopic (exact) mass is 302 g/mol. The Hall–Kier alpha value is -2.05.